The van der Waals surface area contributed by atoms with Crippen LogP contribution in [0.5, 0.6) is 0 Å². The normalized spacial score (nSPS) is 13.6. The summed E-state index contributed by atoms with van der Waals surface area (Å²) in [4.78, 5) is 0. The minimum Gasteiger partial charge on any atom is -0.103 e. The average molecular weight is 220 g/mol. The summed E-state index contributed by atoms with van der Waals surface area (Å²) in [7, 11) is 0. The molecule has 0 saturated carbocycles. The zero-order valence-electron chi connectivity index (χ0n) is 11.1. The van der Waals surface area contributed by atoms with Crippen LogP contribution >= 0.6 is 0 Å². The molecule has 0 aliphatic heterocycles. The fourth-order valence-electron chi connectivity index (χ4n) is 1.57. The quantitative estimate of drug-likeness (QED) is 0.328. The Hall–Kier alpha value is -0.780. The van der Waals surface area contributed by atoms with Crippen LogP contribution in [-0.2, 0) is 0 Å². The molecule has 0 N–H and O–H groups in total. The fourth-order valence-corrected chi connectivity index (χ4v) is 1.57. The van der Waals surface area contributed by atoms with Gasteiger partial charge in [-0.05, 0) is 44.4 Å². The smallest absolute Gasteiger partial charge is 0.0204 e. The standard InChI is InChI=1S/C16H28/c1-4-7-8-9-10-11-12-13-14-15-16(5-2)6-3/h5,8-9,13-14,16H,2,4,6-7,10-12,15H2,1,3H3. The Morgan fingerprint density at radius 1 is 0.938 bits per heavy atom. The van der Waals surface area contributed by atoms with Crippen molar-refractivity contribution in [3.05, 3.63) is 37.0 Å². The van der Waals surface area contributed by atoms with E-state index in [-0.39, 0.29) is 0 Å². The molecule has 0 aromatic heterocycles. The third-order valence-electron chi connectivity index (χ3n) is 2.83. The van der Waals surface area contributed by atoms with Crippen LogP contribution in [0.25, 0.3) is 0 Å². The molecule has 0 saturated heterocycles. The van der Waals surface area contributed by atoms with Crippen molar-refractivity contribution in [2.45, 2.75) is 58.8 Å². The van der Waals surface area contributed by atoms with Crippen LogP contribution in [0.1, 0.15) is 58.8 Å². The lowest BCUT2D eigenvalue weighted by molar-refractivity contribution is 0.638. The summed E-state index contributed by atoms with van der Waals surface area (Å²) in [6, 6.07) is 0. The zero-order chi connectivity index (χ0) is 12.1. The van der Waals surface area contributed by atoms with E-state index in [1.165, 1.54) is 38.5 Å². The van der Waals surface area contributed by atoms with E-state index in [0.717, 1.165) is 6.42 Å². The molecule has 0 aliphatic carbocycles. The van der Waals surface area contributed by atoms with E-state index in [9.17, 15) is 0 Å². The summed E-state index contributed by atoms with van der Waals surface area (Å²) >= 11 is 0. The molecule has 92 valence electrons. The van der Waals surface area contributed by atoms with Crippen LogP contribution in [0, 0.1) is 5.92 Å². The van der Waals surface area contributed by atoms with Gasteiger partial charge in [-0.1, -0.05) is 50.6 Å². The molecule has 0 radical (unpaired) electrons. The molecular weight excluding hydrogens is 192 g/mol. The lowest BCUT2D eigenvalue weighted by Crippen LogP contribution is -1.89. The minimum atomic E-state index is 0.667. The maximum absolute atomic E-state index is 3.85. The molecule has 0 amide bonds. The van der Waals surface area contributed by atoms with Crippen molar-refractivity contribution in [3.8, 4) is 0 Å². The predicted octanol–water partition coefficient (Wildman–Crippen LogP) is 5.67. The summed E-state index contributed by atoms with van der Waals surface area (Å²) in [6.45, 7) is 8.29. The number of hydrogen-bond acceptors (Lipinski definition) is 0. The van der Waals surface area contributed by atoms with Gasteiger partial charge in [0.1, 0.15) is 0 Å². The van der Waals surface area contributed by atoms with Crippen molar-refractivity contribution in [1.82, 2.24) is 0 Å². The van der Waals surface area contributed by atoms with Gasteiger partial charge in [0, 0.05) is 0 Å². The molecule has 0 bridgehead atoms. The van der Waals surface area contributed by atoms with Crippen molar-refractivity contribution >= 4 is 0 Å². The highest BCUT2D eigenvalue weighted by molar-refractivity contribution is 4.90. The number of allylic oxidation sites excluding steroid dienone is 5. The van der Waals surface area contributed by atoms with Crippen LogP contribution in [0.15, 0.2) is 37.0 Å². The summed E-state index contributed by atoms with van der Waals surface area (Å²) in [5.74, 6) is 0.667. The Morgan fingerprint density at radius 2 is 1.56 bits per heavy atom. The number of hydrogen-bond donors (Lipinski definition) is 0. The molecule has 0 spiro atoms. The predicted molar refractivity (Wildman–Crippen MR) is 75.6 cm³/mol. The maximum atomic E-state index is 3.85. The second-order valence-electron chi connectivity index (χ2n) is 4.30. The van der Waals surface area contributed by atoms with E-state index in [1.807, 2.05) is 0 Å². The number of unbranched alkanes of at least 4 members (excludes halogenated alkanes) is 3. The van der Waals surface area contributed by atoms with Crippen molar-refractivity contribution in [3.63, 3.8) is 0 Å². The molecule has 1 unspecified atom stereocenters. The molecule has 0 heterocycles. The van der Waals surface area contributed by atoms with Gasteiger partial charge in [0.2, 0.25) is 0 Å². The van der Waals surface area contributed by atoms with Gasteiger partial charge in [0.15, 0.2) is 0 Å². The lowest BCUT2D eigenvalue weighted by atomic mass is 10.0. The highest BCUT2D eigenvalue weighted by Crippen LogP contribution is 2.10. The third kappa shape index (κ3) is 9.76. The molecule has 0 aromatic carbocycles. The third-order valence-corrected chi connectivity index (χ3v) is 2.83. The Balaban J connectivity index is 3.37. The Morgan fingerprint density at radius 3 is 2.12 bits per heavy atom. The highest BCUT2D eigenvalue weighted by atomic mass is 14.0. The molecule has 0 fully saturated rings. The Kier molecular flexibility index (Phi) is 11.7. The summed E-state index contributed by atoms with van der Waals surface area (Å²) in [6.07, 6.45) is 19.9. The molecule has 0 heteroatoms. The van der Waals surface area contributed by atoms with E-state index in [1.54, 1.807) is 0 Å². The number of rotatable bonds is 10. The fraction of sp³-hybridized carbons (Fsp3) is 0.625. The molecule has 0 aromatic rings. The first-order valence-corrected chi connectivity index (χ1v) is 6.77. The van der Waals surface area contributed by atoms with Crippen LogP contribution in [0.3, 0.4) is 0 Å². The van der Waals surface area contributed by atoms with Gasteiger partial charge in [-0.15, -0.1) is 6.58 Å². The van der Waals surface area contributed by atoms with Crippen molar-refractivity contribution in [2.24, 2.45) is 5.92 Å². The van der Waals surface area contributed by atoms with E-state index in [2.05, 4.69) is 50.8 Å². The van der Waals surface area contributed by atoms with E-state index >= 15 is 0 Å². The molecule has 0 nitrogen and oxygen atoms in total. The summed E-state index contributed by atoms with van der Waals surface area (Å²) < 4.78 is 0. The van der Waals surface area contributed by atoms with Gasteiger partial charge in [-0.25, -0.2) is 0 Å². The van der Waals surface area contributed by atoms with Gasteiger partial charge in [-0.2, -0.15) is 0 Å². The molecular formula is C16H28. The first-order chi connectivity index (χ1) is 7.85. The first kappa shape index (κ1) is 15.2. The maximum Gasteiger partial charge on any atom is -0.0204 e. The summed E-state index contributed by atoms with van der Waals surface area (Å²) in [5.41, 5.74) is 0. The largest absolute Gasteiger partial charge is 0.103 e. The van der Waals surface area contributed by atoms with Gasteiger partial charge >= 0.3 is 0 Å². The van der Waals surface area contributed by atoms with Gasteiger partial charge in [0.25, 0.3) is 0 Å². The SMILES string of the molecule is C=CC(CC)CC=CCCCC=CCCC. The van der Waals surface area contributed by atoms with Crippen LogP contribution in [0.2, 0.25) is 0 Å². The second kappa shape index (κ2) is 12.3. The van der Waals surface area contributed by atoms with E-state index < -0.39 is 0 Å². The van der Waals surface area contributed by atoms with Crippen molar-refractivity contribution in [1.29, 1.82) is 0 Å². The first-order valence-electron chi connectivity index (χ1n) is 6.77. The molecule has 0 aliphatic rings. The van der Waals surface area contributed by atoms with Crippen LogP contribution in [0.4, 0.5) is 0 Å². The van der Waals surface area contributed by atoms with Gasteiger partial charge in [0.05, 0.1) is 0 Å². The van der Waals surface area contributed by atoms with Crippen LogP contribution < -0.4 is 0 Å². The van der Waals surface area contributed by atoms with Crippen molar-refractivity contribution in [2.75, 3.05) is 0 Å². The second-order valence-corrected chi connectivity index (χ2v) is 4.30. The lowest BCUT2D eigenvalue weighted by Gasteiger charge is -2.03. The van der Waals surface area contributed by atoms with E-state index in [4.69, 9.17) is 0 Å². The van der Waals surface area contributed by atoms with Gasteiger partial charge in [-0.3, -0.25) is 0 Å². The Bertz CT molecular complexity index is 198. The molecule has 0 rings (SSSR count). The highest BCUT2D eigenvalue weighted by Gasteiger charge is 1.95. The minimum absolute atomic E-state index is 0.667. The van der Waals surface area contributed by atoms with Crippen molar-refractivity contribution < 1.29 is 0 Å². The Labute approximate surface area is 102 Å². The summed E-state index contributed by atoms with van der Waals surface area (Å²) in [5, 5.41) is 0. The average Bonchev–Trinajstić information content (AvgIpc) is 2.32. The van der Waals surface area contributed by atoms with Gasteiger partial charge < -0.3 is 0 Å². The van der Waals surface area contributed by atoms with Crippen LogP contribution in [-0.4, -0.2) is 0 Å². The molecule has 16 heavy (non-hydrogen) atoms. The molecule has 1 atom stereocenters. The van der Waals surface area contributed by atoms with E-state index in [0.29, 0.717) is 5.92 Å². The topological polar surface area (TPSA) is 0 Å². The monoisotopic (exact) mass is 220 g/mol. The zero-order valence-corrected chi connectivity index (χ0v) is 11.1.